The fourth-order valence-electron chi connectivity index (χ4n) is 3.86. The number of carbonyl (C=O) groups excluding carboxylic acids is 1. The molecule has 5 nitrogen and oxygen atoms in total. The molecule has 0 saturated heterocycles. The largest absolute Gasteiger partial charge is 0.469 e. The Labute approximate surface area is 146 Å². The van der Waals surface area contributed by atoms with Crippen molar-refractivity contribution in [3.05, 3.63) is 17.5 Å². The van der Waals surface area contributed by atoms with Gasteiger partial charge in [0.2, 0.25) is 0 Å². The van der Waals surface area contributed by atoms with Gasteiger partial charge in [-0.2, -0.15) is 5.10 Å². The lowest BCUT2D eigenvalue weighted by molar-refractivity contribution is -0.151. The molecule has 1 aromatic heterocycles. The van der Waals surface area contributed by atoms with E-state index in [1.165, 1.54) is 31.2 Å². The van der Waals surface area contributed by atoms with E-state index in [0.717, 1.165) is 32.4 Å². The molecule has 5 heteroatoms. The number of nitrogens with zero attached hydrogens (tertiary/aromatic N) is 2. The Kier molecular flexibility index (Phi) is 6.44. The molecule has 1 aliphatic carbocycles. The minimum absolute atomic E-state index is 0.00168. The first-order valence-electron chi connectivity index (χ1n) is 9.17. The second-order valence-electron chi connectivity index (χ2n) is 7.94. The smallest absolute Gasteiger partial charge is 0.309 e. The van der Waals surface area contributed by atoms with E-state index in [1.54, 1.807) is 0 Å². The number of aromatic amines is 1. The van der Waals surface area contributed by atoms with Gasteiger partial charge in [-0.15, -0.1) is 0 Å². The second kappa shape index (κ2) is 8.15. The van der Waals surface area contributed by atoms with Crippen LogP contribution in [0.2, 0.25) is 0 Å². The summed E-state index contributed by atoms with van der Waals surface area (Å²) in [6.07, 6.45) is 7.33. The molecule has 1 heterocycles. The van der Waals surface area contributed by atoms with Crippen LogP contribution in [-0.2, 0) is 16.1 Å². The van der Waals surface area contributed by atoms with E-state index in [4.69, 9.17) is 4.74 Å². The summed E-state index contributed by atoms with van der Waals surface area (Å²) in [5.41, 5.74) is 2.48. The van der Waals surface area contributed by atoms with E-state index in [9.17, 15) is 4.79 Å². The molecule has 0 bridgehead atoms. The number of nitrogens with one attached hydrogen (secondary N) is 1. The minimum Gasteiger partial charge on any atom is -0.469 e. The van der Waals surface area contributed by atoms with Crippen molar-refractivity contribution in [2.75, 3.05) is 20.7 Å². The van der Waals surface area contributed by atoms with E-state index in [-0.39, 0.29) is 17.3 Å². The van der Waals surface area contributed by atoms with Crippen molar-refractivity contribution < 1.29 is 9.53 Å². The lowest BCUT2D eigenvalue weighted by Crippen LogP contribution is -2.37. The zero-order valence-corrected chi connectivity index (χ0v) is 15.9. The van der Waals surface area contributed by atoms with Crippen LogP contribution in [0.1, 0.15) is 70.1 Å². The minimum atomic E-state index is -0.0779. The first-order chi connectivity index (χ1) is 11.4. The van der Waals surface area contributed by atoms with Crippen LogP contribution in [0.5, 0.6) is 0 Å². The summed E-state index contributed by atoms with van der Waals surface area (Å²) in [5, 5.41) is 7.50. The number of methoxy groups -OCH3 is 1. The molecular weight excluding hydrogens is 302 g/mol. The first-order valence-corrected chi connectivity index (χ1v) is 9.17. The maximum absolute atomic E-state index is 12.2. The van der Waals surface area contributed by atoms with Crippen LogP contribution >= 0.6 is 0 Å². The van der Waals surface area contributed by atoms with E-state index < -0.39 is 0 Å². The van der Waals surface area contributed by atoms with E-state index >= 15 is 0 Å². The Balaban J connectivity index is 2.09. The lowest BCUT2D eigenvalue weighted by atomic mass is 9.64. The SMILES string of the molecule is CCCCN(C)Cc1cn[nH]c1C1CCC(C)(C)[C@H](C(=O)OC)C1. The Morgan fingerprint density at radius 3 is 2.92 bits per heavy atom. The Bertz CT molecular complexity index is 538. The molecule has 136 valence electrons. The predicted molar refractivity (Wildman–Crippen MR) is 95.7 cm³/mol. The van der Waals surface area contributed by atoms with Crippen molar-refractivity contribution in [3.63, 3.8) is 0 Å². The van der Waals surface area contributed by atoms with Crippen LogP contribution in [0.25, 0.3) is 0 Å². The van der Waals surface area contributed by atoms with Gasteiger partial charge in [-0.25, -0.2) is 0 Å². The van der Waals surface area contributed by atoms with Crippen molar-refractivity contribution in [1.82, 2.24) is 15.1 Å². The third kappa shape index (κ3) is 4.38. The molecule has 1 aromatic rings. The van der Waals surface area contributed by atoms with Crippen LogP contribution in [0.3, 0.4) is 0 Å². The summed E-state index contributed by atoms with van der Waals surface area (Å²) in [5.74, 6) is 0.236. The van der Waals surface area contributed by atoms with Gasteiger partial charge < -0.3 is 9.64 Å². The average Bonchev–Trinajstić information content (AvgIpc) is 3.00. The molecular formula is C19H33N3O2. The summed E-state index contributed by atoms with van der Waals surface area (Å²) in [7, 11) is 3.65. The maximum atomic E-state index is 12.2. The highest BCUT2D eigenvalue weighted by Crippen LogP contribution is 2.47. The van der Waals surface area contributed by atoms with Gasteiger partial charge in [0.05, 0.1) is 19.2 Å². The molecule has 1 unspecified atom stereocenters. The van der Waals surface area contributed by atoms with E-state index in [2.05, 4.69) is 42.9 Å². The Hall–Kier alpha value is -1.36. The zero-order valence-electron chi connectivity index (χ0n) is 15.9. The summed E-state index contributed by atoms with van der Waals surface area (Å²) < 4.78 is 5.06. The van der Waals surface area contributed by atoms with Gasteiger partial charge in [0.15, 0.2) is 0 Å². The molecule has 0 aromatic carbocycles. The third-order valence-corrected chi connectivity index (χ3v) is 5.58. The number of esters is 1. The van der Waals surface area contributed by atoms with Gasteiger partial charge in [0, 0.05) is 23.7 Å². The van der Waals surface area contributed by atoms with E-state index in [1.807, 2.05) is 6.20 Å². The second-order valence-corrected chi connectivity index (χ2v) is 7.94. The molecule has 0 spiro atoms. The topological polar surface area (TPSA) is 58.2 Å². The highest BCUT2D eigenvalue weighted by Gasteiger charge is 2.42. The summed E-state index contributed by atoms with van der Waals surface area (Å²) in [6, 6.07) is 0. The molecule has 24 heavy (non-hydrogen) atoms. The molecule has 2 rings (SSSR count). The predicted octanol–water partition coefficient (Wildman–Crippen LogP) is 3.72. The molecule has 0 radical (unpaired) electrons. The van der Waals surface area contributed by atoms with Gasteiger partial charge in [-0.3, -0.25) is 9.89 Å². The summed E-state index contributed by atoms with van der Waals surface area (Å²) in [4.78, 5) is 14.6. The van der Waals surface area contributed by atoms with Gasteiger partial charge in [-0.1, -0.05) is 27.2 Å². The van der Waals surface area contributed by atoms with Crippen molar-refractivity contribution in [3.8, 4) is 0 Å². The number of hydrogen-bond acceptors (Lipinski definition) is 4. The maximum Gasteiger partial charge on any atom is 0.309 e. The van der Waals surface area contributed by atoms with Crippen molar-refractivity contribution in [2.45, 2.75) is 65.3 Å². The molecule has 2 atom stereocenters. The van der Waals surface area contributed by atoms with Crippen molar-refractivity contribution in [2.24, 2.45) is 11.3 Å². The molecule has 1 N–H and O–H groups in total. The zero-order chi connectivity index (χ0) is 17.7. The Morgan fingerprint density at radius 1 is 1.50 bits per heavy atom. The number of hydrogen-bond donors (Lipinski definition) is 1. The molecule has 0 amide bonds. The number of unbranched alkanes of at least 4 members (excludes halogenated alkanes) is 1. The molecule has 1 saturated carbocycles. The van der Waals surface area contributed by atoms with Crippen LogP contribution in [0.15, 0.2) is 6.20 Å². The molecule has 1 fully saturated rings. The van der Waals surface area contributed by atoms with Crippen LogP contribution in [-0.4, -0.2) is 41.8 Å². The van der Waals surface area contributed by atoms with Crippen LogP contribution in [0.4, 0.5) is 0 Å². The lowest BCUT2D eigenvalue weighted by Gasteiger charge is -2.40. The number of carbonyl (C=O) groups is 1. The van der Waals surface area contributed by atoms with Crippen molar-refractivity contribution in [1.29, 1.82) is 0 Å². The molecule has 0 aliphatic heterocycles. The van der Waals surface area contributed by atoms with Gasteiger partial charge in [0.25, 0.3) is 0 Å². The number of H-pyrrole nitrogens is 1. The van der Waals surface area contributed by atoms with Gasteiger partial charge >= 0.3 is 5.97 Å². The quantitative estimate of drug-likeness (QED) is 0.772. The molecule has 1 aliphatic rings. The standard InChI is InChI=1S/C19H33N3O2/c1-6-7-10-22(4)13-15-12-20-21-17(15)14-8-9-19(2,3)16(11-14)18(23)24-5/h12,14,16H,6-11,13H2,1-5H3,(H,20,21)/t14?,16-/m0/s1. The Morgan fingerprint density at radius 2 is 2.25 bits per heavy atom. The first kappa shape index (κ1) is 19.0. The average molecular weight is 335 g/mol. The highest BCUT2D eigenvalue weighted by molar-refractivity contribution is 5.73. The van der Waals surface area contributed by atoms with Crippen LogP contribution in [0, 0.1) is 11.3 Å². The van der Waals surface area contributed by atoms with Gasteiger partial charge in [0.1, 0.15) is 0 Å². The fourth-order valence-corrected chi connectivity index (χ4v) is 3.86. The highest BCUT2D eigenvalue weighted by atomic mass is 16.5. The number of rotatable bonds is 7. The van der Waals surface area contributed by atoms with Crippen molar-refractivity contribution >= 4 is 5.97 Å². The fraction of sp³-hybridized carbons (Fsp3) is 0.789. The summed E-state index contributed by atoms with van der Waals surface area (Å²) in [6.45, 7) is 8.58. The van der Waals surface area contributed by atoms with Crippen LogP contribution < -0.4 is 0 Å². The number of ether oxygens (including phenoxy) is 1. The van der Waals surface area contributed by atoms with Gasteiger partial charge in [-0.05, 0) is 44.7 Å². The monoisotopic (exact) mass is 335 g/mol. The number of aromatic nitrogens is 2. The third-order valence-electron chi connectivity index (χ3n) is 5.58. The normalized spacial score (nSPS) is 23.4. The van der Waals surface area contributed by atoms with E-state index in [0.29, 0.717) is 5.92 Å². The summed E-state index contributed by atoms with van der Waals surface area (Å²) >= 11 is 0.